The van der Waals surface area contributed by atoms with Crippen LogP contribution in [0.15, 0.2) is 46.9 Å². The van der Waals surface area contributed by atoms with Crippen molar-refractivity contribution >= 4 is 11.6 Å². The number of halogens is 2. The standard InChI is InChI=1S/C18H17ClFN3O2/c1-23(10-12-3-8-16(24-2)15(20)9-12)11-17-21-22-18(25-17)13-4-6-14(19)7-5-13/h3-9H,10-11H2,1-2H3. The first-order chi connectivity index (χ1) is 12.0. The van der Waals surface area contributed by atoms with E-state index in [2.05, 4.69) is 10.2 Å². The predicted molar refractivity (Wildman–Crippen MR) is 92.9 cm³/mol. The number of methoxy groups -OCH3 is 1. The highest BCUT2D eigenvalue weighted by molar-refractivity contribution is 6.30. The van der Waals surface area contributed by atoms with Crippen molar-refractivity contribution in [2.24, 2.45) is 0 Å². The van der Waals surface area contributed by atoms with Crippen LogP contribution in [0.3, 0.4) is 0 Å². The van der Waals surface area contributed by atoms with Crippen molar-refractivity contribution < 1.29 is 13.5 Å². The molecule has 0 bridgehead atoms. The summed E-state index contributed by atoms with van der Waals surface area (Å²) in [6.07, 6.45) is 0. The maximum absolute atomic E-state index is 13.8. The lowest BCUT2D eigenvalue weighted by Gasteiger charge is -2.14. The summed E-state index contributed by atoms with van der Waals surface area (Å²) in [6.45, 7) is 0.994. The molecule has 0 fully saturated rings. The minimum Gasteiger partial charge on any atom is -0.494 e. The molecule has 2 aromatic carbocycles. The monoisotopic (exact) mass is 361 g/mol. The van der Waals surface area contributed by atoms with Gasteiger partial charge in [0.1, 0.15) is 0 Å². The van der Waals surface area contributed by atoms with Gasteiger partial charge in [-0.3, -0.25) is 4.90 Å². The molecule has 0 aliphatic carbocycles. The van der Waals surface area contributed by atoms with Crippen LogP contribution in [0, 0.1) is 5.82 Å². The third kappa shape index (κ3) is 4.35. The molecule has 0 saturated heterocycles. The Bertz CT molecular complexity index is 852. The van der Waals surface area contributed by atoms with E-state index in [1.807, 2.05) is 30.1 Å². The van der Waals surface area contributed by atoms with E-state index in [1.165, 1.54) is 13.2 Å². The SMILES string of the molecule is COc1ccc(CN(C)Cc2nnc(-c3ccc(Cl)cc3)o2)cc1F. The molecule has 1 aromatic heterocycles. The Hall–Kier alpha value is -2.44. The van der Waals surface area contributed by atoms with Gasteiger partial charge in [-0.2, -0.15) is 0 Å². The van der Waals surface area contributed by atoms with Crippen LogP contribution in [0.4, 0.5) is 4.39 Å². The highest BCUT2D eigenvalue weighted by Crippen LogP contribution is 2.21. The molecule has 0 saturated carbocycles. The molecule has 0 radical (unpaired) electrons. The largest absolute Gasteiger partial charge is 0.494 e. The molecule has 0 aliphatic heterocycles. The summed E-state index contributed by atoms with van der Waals surface area (Å²) < 4.78 is 24.4. The first-order valence-electron chi connectivity index (χ1n) is 7.64. The summed E-state index contributed by atoms with van der Waals surface area (Å²) in [5, 5.41) is 8.75. The first-order valence-corrected chi connectivity index (χ1v) is 8.02. The van der Waals surface area contributed by atoms with E-state index in [0.29, 0.717) is 29.9 Å². The smallest absolute Gasteiger partial charge is 0.247 e. The Kier molecular flexibility index (Phi) is 5.31. The zero-order valence-corrected chi connectivity index (χ0v) is 14.6. The fourth-order valence-electron chi connectivity index (χ4n) is 2.43. The summed E-state index contributed by atoms with van der Waals surface area (Å²) in [5.74, 6) is 0.782. The van der Waals surface area contributed by atoms with Crippen molar-refractivity contribution in [3.05, 3.63) is 64.8 Å². The van der Waals surface area contributed by atoms with Crippen molar-refractivity contribution in [1.82, 2.24) is 15.1 Å². The number of rotatable bonds is 6. The number of aromatic nitrogens is 2. The summed E-state index contributed by atoms with van der Waals surface area (Å²) in [4.78, 5) is 1.96. The molecular formula is C18H17ClFN3O2. The molecule has 0 N–H and O–H groups in total. The van der Waals surface area contributed by atoms with Crippen LogP contribution in [0.25, 0.3) is 11.5 Å². The minimum absolute atomic E-state index is 0.232. The molecule has 130 valence electrons. The fourth-order valence-corrected chi connectivity index (χ4v) is 2.56. The Morgan fingerprint density at radius 3 is 2.56 bits per heavy atom. The van der Waals surface area contributed by atoms with E-state index in [0.717, 1.165) is 11.1 Å². The maximum atomic E-state index is 13.8. The van der Waals surface area contributed by atoms with Gasteiger partial charge in [-0.1, -0.05) is 17.7 Å². The molecule has 0 spiro atoms. The van der Waals surface area contributed by atoms with Crippen molar-refractivity contribution in [2.75, 3.05) is 14.2 Å². The van der Waals surface area contributed by atoms with Gasteiger partial charge in [0.2, 0.25) is 11.8 Å². The van der Waals surface area contributed by atoms with E-state index >= 15 is 0 Å². The second-order valence-corrected chi connectivity index (χ2v) is 6.09. The number of benzene rings is 2. The predicted octanol–water partition coefficient (Wildman–Crippen LogP) is 4.17. The van der Waals surface area contributed by atoms with Gasteiger partial charge in [0.25, 0.3) is 0 Å². The van der Waals surface area contributed by atoms with Crippen molar-refractivity contribution in [3.63, 3.8) is 0 Å². The molecule has 0 aliphatic rings. The summed E-state index contributed by atoms with van der Waals surface area (Å²) >= 11 is 5.87. The number of hydrogen-bond acceptors (Lipinski definition) is 5. The quantitative estimate of drug-likeness (QED) is 0.659. The van der Waals surface area contributed by atoms with Gasteiger partial charge >= 0.3 is 0 Å². The Labute approximate surface area is 150 Å². The first kappa shape index (κ1) is 17.4. The van der Waals surface area contributed by atoms with Crippen LogP contribution in [0.1, 0.15) is 11.5 Å². The van der Waals surface area contributed by atoms with E-state index in [1.54, 1.807) is 18.2 Å². The minimum atomic E-state index is -0.379. The molecule has 0 unspecified atom stereocenters. The molecule has 1 heterocycles. The second-order valence-electron chi connectivity index (χ2n) is 5.65. The van der Waals surface area contributed by atoms with Gasteiger partial charge in [-0.05, 0) is 49.0 Å². The van der Waals surface area contributed by atoms with E-state index in [-0.39, 0.29) is 11.6 Å². The van der Waals surface area contributed by atoms with Crippen LogP contribution in [0.5, 0.6) is 5.75 Å². The zero-order valence-electron chi connectivity index (χ0n) is 13.9. The van der Waals surface area contributed by atoms with Crippen LogP contribution in [0.2, 0.25) is 5.02 Å². The van der Waals surface area contributed by atoms with Gasteiger partial charge in [0.05, 0.1) is 13.7 Å². The Morgan fingerprint density at radius 1 is 1.12 bits per heavy atom. The third-order valence-electron chi connectivity index (χ3n) is 3.63. The Balaban J connectivity index is 1.64. The third-order valence-corrected chi connectivity index (χ3v) is 3.88. The van der Waals surface area contributed by atoms with Crippen LogP contribution in [-0.4, -0.2) is 29.3 Å². The van der Waals surface area contributed by atoms with Gasteiger partial charge in [0.15, 0.2) is 11.6 Å². The highest BCUT2D eigenvalue weighted by Gasteiger charge is 2.12. The normalized spacial score (nSPS) is 11.1. The topological polar surface area (TPSA) is 51.4 Å². The number of hydrogen-bond donors (Lipinski definition) is 0. The lowest BCUT2D eigenvalue weighted by atomic mass is 10.2. The number of nitrogens with zero attached hydrogens (tertiary/aromatic N) is 3. The van der Waals surface area contributed by atoms with E-state index < -0.39 is 0 Å². The molecule has 25 heavy (non-hydrogen) atoms. The highest BCUT2D eigenvalue weighted by atomic mass is 35.5. The molecular weight excluding hydrogens is 345 g/mol. The lowest BCUT2D eigenvalue weighted by Crippen LogP contribution is -2.17. The summed E-state index contributed by atoms with van der Waals surface area (Å²) in [7, 11) is 3.34. The second kappa shape index (κ2) is 7.63. The molecule has 3 rings (SSSR count). The van der Waals surface area contributed by atoms with Crippen molar-refractivity contribution in [2.45, 2.75) is 13.1 Å². The molecule has 7 heteroatoms. The summed E-state index contributed by atoms with van der Waals surface area (Å²) in [5.41, 5.74) is 1.64. The van der Waals surface area contributed by atoms with Gasteiger partial charge < -0.3 is 9.15 Å². The van der Waals surface area contributed by atoms with Gasteiger partial charge in [0, 0.05) is 17.1 Å². The maximum Gasteiger partial charge on any atom is 0.247 e. The Morgan fingerprint density at radius 2 is 1.88 bits per heavy atom. The zero-order chi connectivity index (χ0) is 17.8. The van der Waals surface area contributed by atoms with Crippen molar-refractivity contribution in [1.29, 1.82) is 0 Å². The lowest BCUT2D eigenvalue weighted by molar-refractivity contribution is 0.282. The summed E-state index contributed by atoms with van der Waals surface area (Å²) in [6, 6.07) is 12.1. The molecule has 0 atom stereocenters. The van der Waals surface area contributed by atoms with Crippen LogP contribution < -0.4 is 4.74 Å². The molecule has 5 nitrogen and oxygen atoms in total. The van der Waals surface area contributed by atoms with E-state index in [9.17, 15) is 4.39 Å². The van der Waals surface area contributed by atoms with Crippen LogP contribution in [-0.2, 0) is 13.1 Å². The van der Waals surface area contributed by atoms with Crippen LogP contribution >= 0.6 is 11.6 Å². The van der Waals surface area contributed by atoms with E-state index in [4.69, 9.17) is 20.8 Å². The van der Waals surface area contributed by atoms with Crippen molar-refractivity contribution in [3.8, 4) is 17.2 Å². The average molecular weight is 362 g/mol. The van der Waals surface area contributed by atoms with Gasteiger partial charge in [-0.25, -0.2) is 4.39 Å². The van der Waals surface area contributed by atoms with Gasteiger partial charge in [-0.15, -0.1) is 10.2 Å². The average Bonchev–Trinajstić information content (AvgIpc) is 3.04. The fraction of sp³-hybridized carbons (Fsp3) is 0.222. The molecule has 0 amide bonds. The molecule has 3 aromatic rings. The number of ether oxygens (including phenoxy) is 1.